The van der Waals surface area contributed by atoms with Gasteiger partial charge in [0.25, 0.3) is 0 Å². The lowest BCUT2D eigenvalue weighted by Gasteiger charge is -2.14. The smallest absolute Gasteiger partial charge is 0.190 e. The molecule has 128 valence electrons. The molecule has 0 amide bonds. The van der Waals surface area contributed by atoms with Crippen molar-refractivity contribution in [3.8, 4) is 11.3 Å². The fourth-order valence-corrected chi connectivity index (χ4v) is 4.12. The molecule has 0 unspecified atom stereocenters. The Kier molecular flexibility index (Phi) is 5.02. The first-order chi connectivity index (χ1) is 12.3. The molecular formula is C20H19ClN2OS. The van der Waals surface area contributed by atoms with Crippen LogP contribution in [0.2, 0.25) is 5.02 Å². The fraction of sp³-hybridized carbons (Fsp3) is 0.250. The summed E-state index contributed by atoms with van der Waals surface area (Å²) in [7, 11) is 0. The molecule has 0 spiro atoms. The summed E-state index contributed by atoms with van der Waals surface area (Å²) >= 11 is 7.64. The minimum absolute atomic E-state index is 0.265. The molecule has 0 aliphatic carbocycles. The standard InChI is InChI=1S/C20H19ClN2OS/c21-16-8-10-17(11-9-16)22-20-23(13-18-7-4-12-24-18)19(14-25-20)15-5-2-1-3-6-15/h1-3,5-6,8-11,14,18H,4,7,12-13H2/t18-/m0/s1. The van der Waals surface area contributed by atoms with E-state index in [2.05, 4.69) is 34.2 Å². The number of ether oxygens (including phenoxy) is 1. The molecule has 1 saturated heterocycles. The normalized spacial score (nSPS) is 18.0. The van der Waals surface area contributed by atoms with Crippen LogP contribution in [0.25, 0.3) is 11.3 Å². The first-order valence-electron chi connectivity index (χ1n) is 8.45. The van der Waals surface area contributed by atoms with Crippen LogP contribution in [0.15, 0.2) is 65.0 Å². The molecular weight excluding hydrogens is 352 g/mol. The first kappa shape index (κ1) is 16.6. The van der Waals surface area contributed by atoms with Gasteiger partial charge in [-0.25, -0.2) is 4.99 Å². The van der Waals surface area contributed by atoms with Gasteiger partial charge in [-0.15, -0.1) is 11.3 Å². The molecule has 0 saturated carbocycles. The number of hydrogen-bond donors (Lipinski definition) is 0. The monoisotopic (exact) mass is 370 g/mol. The fourth-order valence-electron chi connectivity index (χ4n) is 3.05. The highest BCUT2D eigenvalue weighted by Crippen LogP contribution is 2.23. The van der Waals surface area contributed by atoms with Gasteiger partial charge in [0.05, 0.1) is 24.0 Å². The molecule has 1 aliphatic heterocycles. The van der Waals surface area contributed by atoms with Crippen LogP contribution < -0.4 is 4.80 Å². The maximum absolute atomic E-state index is 5.98. The Hall–Kier alpha value is -1.88. The molecule has 1 fully saturated rings. The number of hydrogen-bond acceptors (Lipinski definition) is 3. The zero-order valence-corrected chi connectivity index (χ0v) is 15.3. The van der Waals surface area contributed by atoms with Crippen LogP contribution in [0.5, 0.6) is 0 Å². The van der Waals surface area contributed by atoms with Gasteiger partial charge in [0.2, 0.25) is 0 Å². The number of benzene rings is 2. The van der Waals surface area contributed by atoms with E-state index in [0.717, 1.165) is 41.5 Å². The van der Waals surface area contributed by atoms with Crippen LogP contribution in [-0.4, -0.2) is 17.3 Å². The quantitative estimate of drug-likeness (QED) is 0.613. The summed E-state index contributed by atoms with van der Waals surface area (Å²) in [4.78, 5) is 5.82. The largest absolute Gasteiger partial charge is 0.376 e. The van der Waals surface area contributed by atoms with Gasteiger partial charge < -0.3 is 9.30 Å². The van der Waals surface area contributed by atoms with Crippen LogP contribution in [0.3, 0.4) is 0 Å². The second-order valence-electron chi connectivity index (χ2n) is 6.10. The molecule has 3 aromatic rings. The lowest BCUT2D eigenvalue weighted by atomic mass is 10.1. The Morgan fingerprint density at radius 1 is 1.12 bits per heavy atom. The third-order valence-electron chi connectivity index (χ3n) is 4.33. The molecule has 2 heterocycles. The molecule has 25 heavy (non-hydrogen) atoms. The van der Waals surface area contributed by atoms with E-state index in [0.29, 0.717) is 0 Å². The van der Waals surface area contributed by atoms with Gasteiger partial charge in [-0.3, -0.25) is 0 Å². The maximum Gasteiger partial charge on any atom is 0.190 e. The number of rotatable bonds is 4. The third kappa shape index (κ3) is 3.87. The molecule has 0 radical (unpaired) electrons. The van der Waals surface area contributed by atoms with E-state index in [4.69, 9.17) is 21.3 Å². The Labute approximate surface area is 156 Å². The topological polar surface area (TPSA) is 26.5 Å². The van der Waals surface area contributed by atoms with Gasteiger partial charge in [0.15, 0.2) is 4.80 Å². The predicted molar refractivity (Wildman–Crippen MR) is 103 cm³/mol. The molecule has 4 rings (SSSR count). The van der Waals surface area contributed by atoms with Gasteiger partial charge in [-0.2, -0.15) is 0 Å². The number of halogens is 1. The van der Waals surface area contributed by atoms with Crippen LogP contribution in [-0.2, 0) is 11.3 Å². The van der Waals surface area contributed by atoms with Crippen LogP contribution in [0.4, 0.5) is 5.69 Å². The summed E-state index contributed by atoms with van der Waals surface area (Å²) in [5.74, 6) is 0. The van der Waals surface area contributed by atoms with E-state index in [1.54, 1.807) is 11.3 Å². The minimum atomic E-state index is 0.265. The van der Waals surface area contributed by atoms with Crippen molar-refractivity contribution >= 4 is 28.6 Å². The molecule has 3 nitrogen and oxygen atoms in total. The minimum Gasteiger partial charge on any atom is -0.376 e. The number of aromatic nitrogens is 1. The van der Waals surface area contributed by atoms with Crippen molar-refractivity contribution in [2.75, 3.05) is 6.61 Å². The summed E-state index contributed by atoms with van der Waals surface area (Å²) in [6.45, 7) is 1.69. The van der Waals surface area contributed by atoms with Gasteiger partial charge in [0, 0.05) is 17.0 Å². The van der Waals surface area contributed by atoms with Gasteiger partial charge in [-0.05, 0) is 42.7 Å². The lowest BCUT2D eigenvalue weighted by Crippen LogP contribution is -2.23. The summed E-state index contributed by atoms with van der Waals surface area (Å²) in [5, 5.41) is 2.90. The zero-order valence-electron chi connectivity index (χ0n) is 13.8. The molecule has 1 atom stereocenters. The Balaban J connectivity index is 1.77. The second-order valence-corrected chi connectivity index (χ2v) is 7.38. The SMILES string of the molecule is Clc1ccc(N=c2scc(-c3ccccc3)n2C[C@@H]2CCCO2)cc1. The van der Waals surface area contributed by atoms with E-state index in [1.807, 2.05) is 30.3 Å². The van der Waals surface area contributed by atoms with E-state index < -0.39 is 0 Å². The van der Waals surface area contributed by atoms with E-state index in [-0.39, 0.29) is 6.10 Å². The van der Waals surface area contributed by atoms with Crippen molar-refractivity contribution in [1.82, 2.24) is 4.57 Å². The van der Waals surface area contributed by atoms with Gasteiger partial charge >= 0.3 is 0 Å². The molecule has 2 aromatic carbocycles. The first-order valence-corrected chi connectivity index (χ1v) is 9.71. The van der Waals surface area contributed by atoms with E-state index in [1.165, 1.54) is 11.3 Å². The van der Waals surface area contributed by atoms with Crippen LogP contribution in [0.1, 0.15) is 12.8 Å². The Bertz CT molecular complexity index is 893. The highest BCUT2D eigenvalue weighted by Gasteiger charge is 2.18. The van der Waals surface area contributed by atoms with Crippen molar-refractivity contribution in [2.24, 2.45) is 4.99 Å². The third-order valence-corrected chi connectivity index (χ3v) is 5.44. The van der Waals surface area contributed by atoms with Crippen molar-refractivity contribution in [3.63, 3.8) is 0 Å². The predicted octanol–water partition coefficient (Wildman–Crippen LogP) is 5.28. The van der Waals surface area contributed by atoms with Crippen molar-refractivity contribution in [3.05, 3.63) is 69.8 Å². The summed E-state index contributed by atoms with van der Waals surface area (Å²) in [6.07, 6.45) is 2.51. The summed E-state index contributed by atoms with van der Waals surface area (Å²) < 4.78 is 8.15. The average Bonchev–Trinajstić information content (AvgIpc) is 3.29. The maximum atomic E-state index is 5.98. The van der Waals surface area contributed by atoms with Gasteiger partial charge in [-0.1, -0.05) is 41.9 Å². The number of nitrogens with zero attached hydrogens (tertiary/aromatic N) is 2. The number of thiazole rings is 1. The average molecular weight is 371 g/mol. The molecule has 1 aliphatic rings. The Morgan fingerprint density at radius 3 is 2.64 bits per heavy atom. The van der Waals surface area contributed by atoms with Crippen molar-refractivity contribution in [2.45, 2.75) is 25.5 Å². The second kappa shape index (κ2) is 7.56. The van der Waals surface area contributed by atoms with Crippen molar-refractivity contribution in [1.29, 1.82) is 0 Å². The molecule has 0 bridgehead atoms. The highest BCUT2D eigenvalue weighted by atomic mass is 35.5. The summed E-state index contributed by atoms with van der Waals surface area (Å²) in [5.41, 5.74) is 3.30. The van der Waals surface area contributed by atoms with Crippen LogP contribution >= 0.6 is 22.9 Å². The molecule has 5 heteroatoms. The van der Waals surface area contributed by atoms with E-state index >= 15 is 0 Å². The zero-order chi connectivity index (χ0) is 17.1. The highest BCUT2D eigenvalue weighted by molar-refractivity contribution is 7.07. The molecule has 0 N–H and O–H groups in total. The van der Waals surface area contributed by atoms with E-state index in [9.17, 15) is 0 Å². The lowest BCUT2D eigenvalue weighted by molar-refractivity contribution is 0.0968. The Morgan fingerprint density at radius 2 is 1.92 bits per heavy atom. The molecule has 1 aromatic heterocycles. The van der Waals surface area contributed by atoms with Gasteiger partial charge in [0.1, 0.15) is 0 Å². The van der Waals surface area contributed by atoms with Crippen molar-refractivity contribution < 1.29 is 4.74 Å². The summed E-state index contributed by atoms with van der Waals surface area (Å²) in [6, 6.07) is 18.1. The van der Waals surface area contributed by atoms with Crippen LogP contribution in [0, 0.1) is 0 Å².